The van der Waals surface area contributed by atoms with E-state index in [1.54, 1.807) is 6.07 Å². The normalized spacial score (nSPS) is 25.5. The van der Waals surface area contributed by atoms with Crippen LogP contribution in [0, 0.1) is 25.1 Å². The zero-order valence-electron chi connectivity index (χ0n) is 20.7. The van der Waals surface area contributed by atoms with Gasteiger partial charge in [0.25, 0.3) is 0 Å². The summed E-state index contributed by atoms with van der Waals surface area (Å²) in [5.74, 6) is 0.598. The van der Waals surface area contributed by atoms with Gasteiger partial charge in [0.05, 0.1) is 36.5 Å². The molecule has 5 rings (SSSR count). The molecule has 8 nitrogen and oxygen atoms in total. The van der Waals surface area contributed by atoms with Crippen LogP contribution in [0.5, 0.6) is 5.88 Å². The van der Waals surface area contributed by atoms with Crippen molar-refractivity contribution in [3.8, 4) is 5.88 Å². The minimum Gasteiger partial charge on any atom is -0.474 e. The third-order valence-corrected chi connectivity index (χ3v) is 7.21. The lowest BCUT2D eigenvalue weighted by Crippen LogP contribution is -2.61. The van der Waals surface area contributed by atoms with Crippen molar-refractivity contribution in [2.24, 2.45) is 5.41 Å². The molecule has 2 saturated heterocycles. The molecular weight excluding hydrogens is 451 g/mol. The number of carbonyl (C=O) groups is 1. The zero-order valence-corrected chi connectivity index (χ0v) is 20.7. The molecular formula is C26H33FN4O4. The fraction of sp³-hybridized carbons (Fsp3) is 0.577. The van der Waals surface area contributed by atoms with Gasteiger partial charge in [-0.3, -0.25) is 4.90 Å². The molecule has 0 spiro atoms. The van der Waals surface area contributed by atoms with E-state index < -0.39 is 0 Å². The molecule has 2 aliphatic heterocycles. The van der Waals surface area contributed by atoms with Gasteiger partial charge in [-0.1, -0.05) is 19.9 Å². The second-order valence-electron chi connectivity index (χ2n) is 10.8. The molecule has 2 aromatic rings. The molecule has 2 unspecified atom stereocenters. The summed E-state index contributed by atoms with van der Waals surface area (Å²) in [7, 11) is 0. The van der Waals surface area contributed by atoms with E-state index in [-0.39, 0.29) is 41.6 Å². The summed E-state index contributed by atoms with van der Waals surface area (Å²) in [6.45, 7) is 8.99. The van der Waals surface area contributed by atoms with Crippen molar-refractivity contribution in [2.75, 3.05) is 18.5 Å². The van der Waals surface area contributed by atoms with Crippen molar-refractivity contribution >= 4 is 17.6 Å². The number of morpholine rings is 1. The Morgan fingerprint density at radius 1 is 1.14 bits per heavy atom. The monoisotopic (exact) mass is 484 g/mol. The van der Waals surface area contributed by atoms with Crippen molar-refractivity contribution in [2.45, 2.75) is 77.7 Å². The summed E-state index contributed by atoms with van der Waals surface area (Å²) >= 11 is 0. The number of benzene rings is 1. The lowest BCUT2D eigenvalue weighted by Gasteiger charge is -2.49. The molecule has 1 N–H and O–H groups in total. The quantitative estimate of drug-likeness (QED) is 0.645. The highest BCUT2D eigenvalue weighted by molar-refractivity contribution is 5.69. The van der Waals surface area contributed by atoms with Crippen LogP contribution in [-0.2, 0) is 9.47 Å². The van der Waals surface area contributed by atoms with Crippen LogP contribution in [0.4, 0.5) is 20.7 Å². The highest BCUT2D eigenvalue weighted by Crippen LogP contribution is 2.42. The highest BCUT2D eigenvalue weighted by Gasteiger charge is 2.46. The van der Waals surface area contributed by atoms with Gasteiger partial charge in [0.1, 0.15) is 30.2 Å². The van der Waals surface area contributed by atoms with Gasteiger partial charge in [-0.2, -0.15) is 0 Å². The number of fused-ring (bicyclic) bond motifs is 2. The topological polar surface area (TPSA) is 85.8 Å². The van der Waals surface area contributed by atoms with Crippen LogP contribution < -0.4 is 10.1 Å². The fourth-order valence-corrected chi connectivity index (χ4v) is 5.40. The fourth-order valence-electron chi connectivity index (χ4n) is 5.40. The number of ether oxygens (including phenoxy) is 3. The molecule has 3 fully saturated rings. The maximum absolute atomic E-state index is 14.3. The SMILES string of the molecule is Cc1ccc(Nc2ncnc(OC3CC4COCC(C3)N4C(=O)OC3CC(C)(C)C3)c2C)c(F)c1. The Balaban J connectivity index is 1.24. The van der Waals surface area contributed by atoms with E-state index >= 15 is 0 Å². The number of nitrogens with zero attached hydrogens (tertiary/aromatic N) is 3. The Labute approximate surface area is 205 Å². The van der Waals surface area contributed by atoms with E-state index in [0.717, 1.165) is 18.4 Å². The molecule has 2 bridgehead atoms. The van der Waals surface area contributed by atoms with Crippen LogP contribution in [0.25, 0.3) is 0 Å². The van der Waals surface area contributed by atoms with Crippen LogP contribution in [0.1, 0.15) is 50.7 Å². The van der Waals surface area contributed by atoms with Crippen LogP contribution in [-0.4, -0.2) is 58.5 Å². The Hall–Kier alpha value is -2.94. The molecule has 3 aliphatic rings. The van der Waals surface area contributed by atoms with Crippen LogP contribution in [0.2, 0.25) is 0 Å². The number of anilines is 2. The Kier molecular flexibility index (Phi) is 6.29. The molecule has 1 aromatic heterocycles. The predicted molar refractivity (Wildman–Crippen MR) is 128 cm³/mol. The van der Waals surface area contributed by atoms with Crippen molar-refractivity contribution in [1.82, 2.24) is 14.9 Å². The molecule has 1 amide bonds. The molecule has 1 aliphatic carbocycles. The first kappa shape index (κ1) is 23.8. The molecule has 188 valence electrons. The summed E-state index contributed by atoms with van der Waals surface area (Å²) < 4.78 is 32.2. The standard InChI is InChI=1S/C26H33FN4O4/c1-15-5-6-22(21(27)7-15)30-23-16(2)24(29-14-28-23)34-19-8-17-12-33-13-18(9-19)31(17)25(32)35-20-10-26(3,4)11-20/h5-7,14,17-20H,8-13H2,1-4H3,(H,28,29,30). The first-order valence-electron chi connectivity index (χ1n) is 12.3. The summed E-state index contributed by atoms with van der Waals surface area (Å²) in [6, 6.07) is 4.80. The number of aryl methyl sites for hydroxylation is 1. The first-order chi connectivity index (χ1) is 16.7. The van der Waals surface area contributed by atoms with Gasteiger partial charge in [-0.05, 0) is 49.8 Å². The Morgan fingerprint density at radius 3 is 2.51 bits per heavy atom. The second-order valence-corrected chi connectivity index (χ2v) is 10.8. The predicted octanol–water partition coefficient (Wildman–Crippen LogP) is 4.91. The van der Waals surface area contributed by atoms with E-state index in [4.69, 9.17) is 14.2 Å². The van der Waals surface area contributed by atoms with Gasteiger partial charge < -0.3 is 19.5 Å². The molecule has 9 heteroatoms. The van der Waals surface area contributed by atoms with Gasteiger partial charge >= 0.3 is 6.09 Å². The lowest BCUT2D eigenvalue weighted by atomic mass is 9.70. The number of hydrogen-bond acceptors (Lipinski definition) is 7. The maximum Gasteiger partial charge on any atom is 0.410 e. The molecule has 1 saturated carbocycles. The molecule has 2 atom stereocenters. The van der Waals surface area contributed by atoms with E-state index in [0.29, 0.717) is 49.0 Å². The number of nitrogens with one attached hydrogen (secondary N) is 1. The number of rotatable bonds is 5. The number of piperidine rings is 1. The van der Waals surface area contributed by atoms with Crippen molar-refractivity contribution in [1.29, 1.82) is 0 Å². The largest absolute Gasteiger partial charge is 0.474 e. The minimum absolute atomic E-state index is 0.000994. The smallest absolute Gasteiger partial charge is 0.410 e. The maximum atomic E-state index is 14.3. The Morgan fingerprint density at radius 2 is 1.86 bits per heavy atom. The molecule has 3 heterocycles. The number of hydrogen-bond donors (Lipinski definition) is 1. The third kappa shape index (κ3) is 5.05. The highest BCUT2D eigenvalue weighted by atomic mass is 19.1. The molecule has 35 heavy (non-hydrogen) atoms. The van der Waals surface area contributed by atoms with Crippen LogP contribution >= 0.6 is 0 Å². The van der Waals surface area contributed by atoms with E-state index in [9.17, 15) is 9.18 Å². The van der Waals surface area contributed by atoms with Gasteiger partial charge in [0.2, 0.25) is 5.88 Å². The average Bonchev–Trinajstić information content (AvgIpc) is 2.76. The van der Waals surface area contributed by atoms with Crippen LogP contribution in [0.15, 0.2) is 24.5 Å². The number of aromatic nitrogens is 2. The summed E-state index contributed by atoms with van der Waals surface area (Å²) in [4.78, 5) is 23.4. The van der Waals surface area contributed by atoms with Crippen molar-refractivity contribution in [3.63, 3.8) is 0 Å². The van der Waals surface area contributed by atoms with Crippen LogP contribution in [0.3, 0.4) is 0 Å². The first-order valence-corrected chi connectivity index (χ1v) is 12.3. The zero-order chi connectivity index (χ0) is 24.7. The summed E-state index contributed by atoms with van der Waals surface area (Å²) in [5.41, 5.74) is 2.14. The summed E-state index contributed by atoms with van der Waals surface area (Å²) in [6.07, 6.45) is 4.10. The van der Waals surface area contributed by atoms with Gasteiger partial charge in [-0.15, -0.1) is 0 Å². The van der Waals surface area contributed by atoms with E-state index in [2.05, 4.69) is 29.1 Å². The second kappa shape index (κ2) is 9.26. The Bertz CT molecular complexity index is 1090. The average molecular weight is 485 g/mol. The van der Waals surface area contributed by atoms with E-state index in [1.165, 1.54) is 12.4 Å². The molecule has 0 radical (unpaired) electrons. The van der Waals surface area contributed by atoms with Gasteiger partial charge in [0.15, 0.2) is 0 Å². The van der Waals surface area contributed by atoms with Gasteiger partial charge in [-0.25, -0.2) is 19.2 Å². The molecule has 1 aromatic carbocycles. The minimum atomic E-state index is -0.344. The summed E-state index contributed by atoms with van der Waals surface area (Å²) in [5, 5.41) is 3.05. The van der Waals surface area contributed by atoms with Crippen molar-refractivity contribution in [3.05, 3.63) is 41.5 Å². The van der Waals surface area contributed by atoms with E-state index in [1.807, 2.05) is 24.8 Å². The lowest BCUT2D eigenvalue weighted by molar-refractivity contribution is -0.107. The van der Waals surface area contributed by atoms with Crippen molar-refractivity contribution < 1.29 is 23.4 Å². The van der Waals surface area contributed by atoms with Gasteiger partial charge in [0, 0.05) is 12.8 Å². The number of amides is 1. The number of carbonyl (C=O) groups excluding carboxylic acids is 1. The number of halogens is 1. The third-order valence-electron chi connectivity index (χ3n) is 7.21.